The monoisotopic (exact) mass is 380 g/mol. The van der Waals surface area contributed by atoms with Gasteiger partial charge in [-0.3, -0.25) is 4.79 Å². The molecule has 6 nitrogen and oxygen atoms in total. The third-order valence-electron chi connectivity index (χ3n) is 5.55. The van der Waals surface area contributed by atoms with E-state index < -0.39 is 10.0 Å². The number of benzene rings is 1. The predicted molar refractivity (Wildman–Crippen MR) is 102 cm³/mol. The molecule has 1 saturated carbocycles. The van der Waals surface area contributed by atoms with E-state index in [1.54, 1.807) is 24.3 Å². The molecule has 0 atom stereocenters. The number of anilines is 1. The molecule has 2 aliphatic rings. The number of amides is 1. The second-order valence-corrected chi connectivity index (χ2v) is 9.47. The van der Waals surface area contributed by atoms with Gasteiger partial charge in [0, 0.05) is 25.5 Å². The van der Waals surface area contributed by atoms with Crippen molar-refractivity contribution in [2.45, 2.75) is 62.3 Å². The SMILES string of the molecule is CC(=O)Nc1ccc(S(=O)(=O)NC2(C[NH+]3CCCC3)CCCCC2)cc1. The Kier molecular flexibility index (Phi) is 5.99. The summed E-state index contributed by atoms with van der Waals surface area (Å²) >= 11 is 0. The summed E-state index contributed by atoms with van der Waals surface area (Å²) in [4.78, 5) is 12.9. The molecule has 0 unspecified atom stereocenters. The van der Waals surface area contributed by atoms with Gasteiger partial charge in [-0.1, -0.05) is 19.3 Å². The zero-order valence-electron chi connectivity index (χ0n) is 15.5. The van der Waals surface area contributed by atoms with Crippen molar-refractivity contribution >= 4 is 21.6 Å². The number of carbonyl (C=O) groups excluding carboxylic acids is 1. The van der Waals surface area contributed by atoms with E-state index in [4.69, 9.17) is 0 Å². The molecule has 1 aliphatic heterocycles. The first kappa shape index (κ1) is 19.3. The summed E-state index contributed by atoms with van der Waals surface area (Å²) < 4.78 is 29.1. The third kappa shape index (κ3) is 4.84. The molecule has 1 aromatic rings. The summed E-state index contributed by atoms with van der Waals surface area (Å²) in [6, 6.07) is 6.39. The molecular weight excluding hydrogens is 350 g/mol. The van der Waals surface area contributed by atoms with Gasteiger partial charge in [-0.25, -0.2) is 8.42 Å². The van der Waals surface area contributed by atoms with Crippen LogP contribution in [0.2, 0.25) is 0 Å². The minimum absolute atomic E-state index is 0.173. The van der Waals surface area contributed by atoms with E-state index in [1.807, 2.05) is 0 Å². The second-order valence-electron chi connectivity index (χ2n) is 7.79. The van der Waals surface area contributed by atoms with Gasteiger partial charge in [-0.15, -0.1) is 0 Å². The number of rotatable bonds is 6. The lowest BCUT2D eigenvalue weighted by molar-refractivity contribution is -0.891. The van der Waals surface area contributed by atoms with Crippen LogP contribution in [0.5, 0.6) is 0 Å². The van der Waals surface area contributed by atoms with Gasteiger partial charge in [0.05, 0.1) is 30.1 Å². The van der Waals surface area contributed by atoms with Crippen molar-refractivity contribution in [1.82, 2.24) is 4.72 Å². The number of hydrogen-bond donors (Lipinski definition) is 3. The number of likely N-dealkylation sites (tertiary alicyclic amines) is 1. The highest BCUT2D eigenvalue weighted by molar-refractivity contribution is 7.89. The summed E-state index contributed by atoms with van der Waals surface area (Å²) in [7, 11) is -3.58. The lowest BCUT2D eigenvalue weighted by atomic mass is 9.82. The van der Waals surface area contributed by atoms with Gasteiger partial charge in [-0.05, 0) is 37.1 Å². The maximum atomic E-state index is 13.0. The van der Waals surface area contributed by atoms with Crippen LogP contribution in [-0.2, 0) is 14.8 Å². The van der Waals surface area contributed by atoms with E-state index in [2.05, 4.69) is 10.0 Å². The van der Waals surface area contributed by atoms with Crippen LogP contribution < -0.4 is 14.9 Å². The van der Waals surface area contributed by atoms with Crippen LogP contribution in [0.3, 0.4) is 0 Å². The van der Waals surface area contributed by atoms with Crippen molar-refractivity contribution in [2.24, 2.45) is 0 Å². The van der Waals surface area contributed by atoms with Gasteiger partial charge in [0.15, 0.2) is 0 Å². The van der Waals surface area contributed by atoms with Crippen LogP contribution in [-0.4, -0.2) is 39.5 Å². The number of sulfonamides is 1. The Morgan fingerprint density at radius 1 is 1.04 bits per heavy atom. The molecule has 3 rings (SSSR count). The Bertz CT molecular complexity index is 719. The van der Waals surface area contributed by atoms with Crippen molar-refractivity contribution in [1.29, 1.82) is 0 Å². The molecule has 1 heterocycles. The lowest BCUT2D eigenvalue weighted by Gasteiger charge is -2.38. The van der Waals surface area contributed by atoms with Crippen molar-refractivity contribution in [3.8, 4) is 0 Å². The Labute approximate surface area is 156 Å². The molecule has 0 aromatic heterocycles. The maximum Gasteiger partial charge on any atom is 0.241 e. The summed E-state index contributed by atoms with van der Waals surface area (Å²) in [5, 5.41) is 2.66. The van der Waals surface area contributed by atoms with E-state index in [1.165, 1.54) is 31.1 Å². The minimum Gasteiger partial charge on any atom is -0.333 e. The normalized spacial score (nSPS) is 20.8. The van der Waals surface area contributed by atoms with E-state index in [0.29, 0.717) is 5.69 Å². The van der Waals surface area contributed by atoms with Crippen LogP contribution in [0, 0.1) is 0 Å². The Morgan fingerprint density at radius 2 is 1.65 bits per heavy atom. The fourth-order valence-corrected chi connectivity index (χ4v) is 5.80. The quantitative estimate of drug-likeness (QED) is 0.696. The average Bonchev–Trinajstić information content (AvgIpc) is 3.07. The van der Waals surface area contributed by atoms with Gasteiger partial charge < -0.3 is 10.2 Å². The molecule has 0 radical (unpaired) electrons. The smallest absolute Gasteiger partial charge is 0.241 e. The van der Waals surface area contributed by atoms with Gasteiger partial charge >= 0.3 is 0 Å². The molecule has 7 heteroatoms. The molecular formula is C19H30N3O3S+. The van der Waals surface area contributed by atoms with E-state index in [9.17, 15) is 13.2 Å². The third-order valence-corrected chi connectivity index (χ3v) is 7.14. The Morgan fingerprint density at radius 3 is 2.23 bits per heavy atom. The fourth-order valence-electron chi connectivity index (χ4n) is 4.34. The molecule has 1 saturated heterocycles. The van der Waals surface area contributed by atoms with Crippen LogP contribution in [0.25, 0.3) is 0 Å². The van der Waals surface area contributed by atoms with E-state index in [-0.39, 0.29) is 16.3 Å². The highest BCUT2D eigenvalue weighted by atomic mass is 32.2. The van der Waals surface area contributed by atoms with Gasteiger partial charge in [-0.2, -0.15) is 4.72 Å². The molecule has 1 aromatic carbocycles. The molecule has 144 valence electrons. The number of nitrogens with one attached hydrogen (secondary N) is 3. The predicted octanol–water partition coefficient (Wildman–Crippen LogP) is 1.30. The highest BCUT2D eigenvalue weighted by Crippen LogP contribution is 2.29. The zero-order valence-corrected chi connectivity index (χ0v) is 16.3. The summed E-state index contributed by atoms with van der Waals surface area (Å²) in [6.45, 7) is 4.61. The van der Waals surface area contributed by atoms with Gasteiger partial charge in [0.1, 0.15) is 0 Å². The van der Waals surface area contributed by atoms with Gasteiger partial charge in [0.2, 0.25) is 15.9 Å². The molecule has 2 fully saturated rings. The van der Waals surface area contributed by atoms with E-state index in [0.717, 1.165) is 45.3 Å². The molecule has 0 spiro atoms. The summed E-state index contributed by atoms with van der Waals surface area (Å²) in [6.07, 6.45) is 7.66. The maximum absolute atomic E-state index is 13.0. The first-order valence-electron chi connectivity index (χ1n) is 9.64. The first-order chi connectivity index (χ1) is 12.4. The highest BCUT2D eigenvalue weighted by Gasteiger charge is 2.40. The standard InChI is InChI=1S/C19H29N3O3S/c1-16(23)20-17-7-9-18(10-8-17)26(24,25)21-19(11-3-2-4-12-19)15-22-13-5-6-14-22/h7-10,21H,2-6,11-15H2,1H3,(H,20,23)/p+1. The molecule has 1 amide bonds. The number of carbonyl (C=O) groups is 1. The van der Waals surface area contributed by atoms with Crippen LogP contribution in [0.4, 0.5) is 5.69 Å². The summed E-state index contributed by atoms with van der Waals surface area (Å²) in [5.74, 6) is -0.173. The second kappa shape index (κ2) is 8.06. The zero-order chi connectivity index (χ0) is 18.6. The van der Waals surface area contributed by atoms with Crippen molar-refractivity contribution in [2.75, 3.05) is 25.0 Å². The number of hydrogen-bond acceptors (Lipinski definition) is 3. The fraction of sp³-hybridized carbons (Fsp3) is 0.632. The van der Waals surface area contributed by atoms with E-state index >= 15 is 0 Å². The molecule has 0 bridgehead atoms. The minimum atomic E-state index is -3.58. The topological polar surface area (TPSA) is 79.7 Å². The lowest BCUT2D eigenvalue weighted by Crippen LogP contribution is -3.12. The largest absolute Gasteiger partial charge is 0.333 e. The van der Waals surface area contributed by atoms with Gasteiger partial charge in [0.25, 0.3) is 0 Å². The Balaban J connectivity index is 1.76. The summed E-state index contributed by atoms with van der Waals surface area (Å²) in [5.41, 5.74) is 0.276. The van der Waals surface area contributed by atoms with Crippen LogP contribution in [0.1, 0.15) is 51.9 Å². The Hall–Kier alpha value is -1.44. The molecule has 26 heavy (non-hydrogen) atoms. The molecule has 3 N–H and O–H groups in total. The van der Waals surface area contributed by atoms with Crippen LogP contribution in [0.15, 0.2) is 29.2 Å². The molecule has 1 aliphatic carbocycles. The average molecular weight is 381 g/mol. The van der Waals surface area contributed by atoms with Crippen molar-refractivity contribution < 1.29 is 18.1 Å². The van der Waals surface area contributed by atoms with Crippen molar-refractivity contribution in [3.63, 3.8) is 0 Å². The number of quaternary nitrogens is 1. The van der Waals surface area contributed by atoms with Crippen LogP contribution >= 0.6 is 0 Å². The first-order valence-corrected chi connectivity index (χ1v) is 11.1. The van der Waals surface area contributed by atoms with Crippen molar-refractivity contribution in [3.05, 3.63) is 24.3 Å².